The number of carboxylic acid groups (broad SMARTS) is 1. The largest absolute Gasteiger partial charge is 0.502 e. The summed E-state index contributed by atoms with van der Waals surface area (Å²) in [5.74, 6) is -2.27. The molecule has 0 saturated heterocycles. The van der Waals surface area contributed by atoms with Crippen LogP contribution >= 0.6 is 0 Å². The fourth-order valence-corrected chi connectivity index (χ4v) is 0.648. The van der Waals surface area contributed by atoms with E-state index in [1.165, 1.54) is 12.2 Å². The van der Waals surface area contributed by atoms with Crippen LogP contribution in [-0.2, 0) is 9.59 Å². The summed E-state index contributed by atoms with van der Waals surface area (Å²) in [5, 5.41) is 16.9. The molecule has 0 radical (unpaired) electrons. The third-order valence-electron chi connectivity index (χ3n) is 1.25. The highest BCUT2D eigenvalue weighted by Gasteiger charge is 2.00. The molecule has 0 heterocycles. The Morgan fingerprint density at radius 2 is 1.92 bits per heavy atom. The number of hydrogen-bond donors (Lipinski definition) is 2. The van der Waals surface area contributed by atoms with Crippen molar-refractivity contribution >= 4 is 11.8 Å². The predicted molar refractivity (Wildman–Crippen MR) is 47.4 cm³/mol. The number of aliphatic carboxylic acids is 1. The highest BCUT2D eigenvalue weighted by atomic mass is 16.4. The Kier molecular flexibility index (Phi) is 5.27. The van der Waals surface area contributed by atoms with Crippen molar-refractivity contribution in [2.75, 3.05) is 0 Å². The molecule has 72 valence electrons. The number of carbonyl (C=O) groups is 2. The van der Waals surface area contributed by atoms with Crippen molar-refractivity contribution in [2.24, 2.45) is 0 Å². The number of aliphatic hydroxyl groups excluding tert-OH is 1. The molecule has 0 aliphatic heterocycles. The van der Waals surface area contributed by atoms with Crippen LogP contribution in [0.4, 0.5) is 0 Å². The van der Waals surface area contributed by atoms with Crippen molar-refractivity contribution in [3.63, 3.8) is 0 Å². The third-order valence-corrected chi connectivity index (χ3v) is 1.25. The van der Waals surface area contributed by atoms with E-state index in [9.17, 15) is 9.59 Å². The van der Waals surface area contributed by atoms with Crippen LogP contribution < -0.4 is 0 Å². The van der Waals surface area contributed by atoms with E-state index >= 15 is 0 Å². The summed E-state index contributed by atoms with van der Waals surface area (Å²) in [6, 6.07) is 0. The van der Waals surface area contributed by atoms with E-state index in [-0.39, 0.29) is 5.78 Å². The van der Waals surface area contributed by atoms with Crippen molar-refractivity contribution in [1.29, 1.82) is 0 Å². The van der Waals surface area contributed by atoms with Crippen molar-refractivity contribution in [3.05, 3.63) is 24.0 Å². The molecule has 0 aromatic carbocycles. The Morgan fingerprint density at radius 1 is 1.31 bits per heavy atom. The van der Waals surface area contributed by atoms with Gasteiger partial charge in [-0.2, -0.15) is 0 Å². The summed E-state index contributed by atoms with van der Waals surface area (Å²) in [7, 11) is 0. The lowest BCUT2D eigenvalue weighted by molar-refractivity contribution is -0.135. The van der Waals surface area contributed by atoms with Gasteiger partial charge in [-0.25, -0.2) is 4.79 Å². The quantitative estimate of drug-likeness (QED) is 0.385. The fraction of sp³-hybridized carbons (Fsp3) is 0.333. The van der Waals surface area contributed by atoms with Gasteiger partial charge in [0.15, 0.2) is 5.78 Å². The maximum Gasteiger partial charge on any atom is 0.370 e. The molecule has 0 rings (SSSR count). The number of allylic oxidation sites excluding steroid dienone is 3. The monoisotopic (exact) mass is 184 g/mol. The number of aliphatic hydroxyl groups is 1. The van der Waals surface area contributed by atoms with E-state index in [0.29, 0.717) is 6.42 Å². The molecule has 0 aromatic rings. The molecule has 0 atom stereocenters. The second-order valence-electron chi connectivity index (χ2n) is 2.43. The summed E-state index contributed by atoms with van der Waals surface area (Å²) in [6.07, 6.45) is 4.61. The van der Waals surface area contributed by atoms with Crippen LogP contribution in [-0.4, -0.2) is 22.0 Å². The Hall–Kier alpha value is -1.58. The average molecular weight is 184 g/mol. The second-order valence-corrected chi connectivity index (χ2v) is 2.43. The maximum absolute atomic E-state index is 10.8. The number of ketones is 1. The lowest BCUT2D eigenvalue weighted by atomic mass is 10.2. The Labute approximate surface area is 76.2 Å². The van der Waals surface area contributed by atoms with Crippen LogP contribution in [0.5, 0.6) is 0 Å². The van der Waals surface area contributed by atoms with E-state index in [4.69, 9.17) is 10.2 Å². The molecule has 0 aromatic heterocycles. The molecule has 13 heavy (non-hydrogen) atoms. The Bertz CT molecular complexity index is 250. The van der Waals surface area contributed by atoms with Gasteiger partial charge in [0.05, 0.1) is 0 Å². The van der Waals surface area contributed by atoms with Crippen LogP contribution in [0.25, 0.3) is 0 Å². The Morgan fingerprint density at radius 3 is 2.38 bits per heavy atom. The summed E-state index contributed by atoms with van der Waals surface area (Å²) >= 11 is 0. The molecular weight excluding hydrogens is 172 g/mol. The first-order valence-electron chi connectivity index (χ1n) is 3.91. The van der Waals surface area contributed by atoms with E-state index in [1.807, 2.05) is 6.92 Å². The first-order valence-corrected chi connectivity index (χ1v) is 3.91. The van der Waals surface area contributed by atoms with Crippen LogP contribution in [0.15, 0.2) is 24.0 Å². The van der Waals surface area contributed by atoms with Gasteiger partial charge in [0.1, 0.15) is 0 Å². The summed E-state index contributed by atoms with van der Waals surface area (Å²) in [4.78, 5) is 20.9. The van der Waals surface area contributed by atoms with Gasteiger partial charge in [-0.15, -0.1) is 0 Å². The summed E-state index contributed by atoms with van der Waals surface area (Å²) in [6.45, 7) is 1.87. The van der Waals surface area contributed by atoms with Crippen LogP contribution in [0.1, 0.15) is 19.8 Å². The molecule has 0 bridgehead atoms. The Balaban J connectivity index is 4.07. The minimum absolute atomic E-state index is 0.0862. The highest BCUT2D eigenvalue weighted by molar-refractivity contribution is 5.90. The van der Waals surface area contributed by atoms with E-state index in [0.717, 1.165) is 12.5 Å². The van der Waals surface area contributed by atoms with Crippen molar-refractivity contribution in [2.45, 2.75) is 19.8 Å². The van der Waals surface area contributed by atoms with Crippen molar-refractivity contribution < 1.29 is 19.8 Å². The zero-order chi connectivity index (χ0) is 10.3. The van der Waals surface area contributed by atoms with Gasteiger partial charge >= 0.3 is 5.97 Å². The lowest BCUT2D eigenvalue weighted by Crippen LogP contribution is -1.98. The van der Waals surface area contributed by atoms with E-state index < -0.39 is 11.7 Å². The summed E-state index contributed by atoms with van der Waals surface area (Å²) in [5.41, 5.74) is 0. The average Bonchev–Trinajstić information content (AvgIpc) is 2.04. The van der Waals surface area contributed by atoms with E-state index in [2.05, 4.69) is 0 Å². The van der Waals surface area contributed by atoms with Gasteiger partial charge in [-0.3, -0.25) is 4.79 Å². The molecule has 2 N–H and O–H groups in total. The first-order chi connectivity index (χ1) is 6.07. The number of carboxylic acids is 1. The molecule has 0 saturated carbocycles. The smallest absolute Gasteiger partial charge is 0.370 e. The normalized spacial score (nSPS) is 11.9. The van der Waals surface area contributed by atoms with Gasteiger partial charge in [-0.1, -0.05) is 13.0 Å². The minimum atomic E-state index is -1.41. The zero-order valence-corrected chi connectivity index (χ0v) is 7.36. The van der Waals surface area contributed by atoms with Gasteiger partial charge in [-0.05, 0) is 18.6 Å². The zero-order valence-electron chi connectivity index (χ0n) is 7.36. The second kappa shape index (κ2) is 5.99. The molecule has 4 nitrogen and oxygen atoms in total. The van der Waals surface area contributed by atoms with Gasteiger partial charge in [0.2, 0.25) is 5.76 Å². The molecule has 0 aliphatic rings. The third kappa shape index (κ3) is 5.66. The molecule has 0 spiro atoms. The predicted octanol–water partition coefficient (Wildman–Crippen LogP) is 1.44. The first kappa shape index (κ1) is 11.4. The molecule has 0 aliphatic carbocycles. The summed E-state index contributed by atoms with van der Waals surface area (Å²) < 4.78 is 0. The lowest BCUT2D eigenvalue weighted by Gasteiger charge is -1.88. The van der Waals surface area contributed by atoms with Crippen molar-refractivity contribution in [1.82, 2.24) is 0 Å². The van der Waals surface area contributed by atoms with Crippen molar-refractivity contribution in [3.8, 4) is 0 Å². The van der Waals surface area contributed by atoms with E-state index in [1.54, 1.807) is 0 Å². The van der Waals surface area contributed by atoms with Crippen LogP contribution in [0.3, 0.4) is 0 Å². The molecular formula is C9H12O4. The SMILES string of the molecule is CCCC(=O)C=CC=C(O)C(=O)O. The molecule has 0 unspecified atom stereocenters. The van der Waals surface area contributed by atoms with Gasteiger partial charge in [0.25, 0.3) is 0 Å². The maximum atomic E-state index is 10.8. The van der Waals surface area contributed by atoms with Crippen LogP contribution in [0, 0.1) is 0 Å². The molecule has 0 fully saturated rings. The molecule has 4 heteroatoms. The number of carbonyl (C=O) groups excluding carboxylic acids is 1. The fourth-order valence-electron chi connectivity index (χ4n) is 0.648. The van der Waals surface area contributed by atoms with Gasteiger partial charge in [0, 0.05) is 6.42 Å². The van der Waals surface area contributed by atoms with Gasteiger partial charge < -0.3 is 10.2 Å². The standard InChI is InChI=1S/C9H12O4/c1-2-4-7(10)5-3-6-8(11)9(12)13/h3,5-6,11H,2,4H2,1H3,(H,12,13). The van der Waals surface area contributed by atoms with Crippen LogP contribution in [0.2, 0.25) is 0 Å². The minimum Gasteiger partial charge on any atom is -0.502 e. The molecule has 0 amide bonds. The number of rotatable bonds is 5. The number of hydrogen-bond acceptors (Lipinski definition) is 3. The topological polar surface area (TPSA) is 74.6 Å². The highest BCUT2D eigenvalue weighted by Crippen LogP contribution is 1.93.